The lowest BCUT2D eigenvalue weighted by Crippen LogP contribution is -2.01. The summed E-state index contributed by atoms with van der Waals surface area (Å²) in [4.78, 5) is 16.4. The highest BCUT2D eigenvalue weighted by molar-refractivity contribution is 7.09. The lowest BCUT2D eigenvalue weighted by molar-refractivity contribution is 1.12. The quantitative estimate of drug-likeness (QED) is 0.715. The lowest BCUT2D eigenvalue weighted by Gasteiger charge is -2.04. The highest BCUT2D eigenvalue weighted by Gasteiger charge is 2.08. The second-order valence-corrected chi connectivity index (χ2v) is 4.75. The fraction of sp³-hybridized carbons (Fsp3) is 0.100. The molecule has 7 heteroatoms. The van der Waals surface area contributed by atoms with E-state index in [-0.39, 0.29) is 5.28 Å². The zero-order chi connectivity index (χ0) is 11.7. The van der Waals surface area contributed by atoms with E-state index in [4.69, 9.17) is 11.6 Å². The molecule has 0 bridgehead atoms. The van der Waals surface area contributed by atoms with Gasteiger partial charge in [-0.2, -0.15) is 9.97 Å². The molecule has 0 aliphatic rings. The minimum absolute atomic E-state index is 0.193. The maximum absolute atomic E-state index is 5.83. The third kappa shape index (κ3) is 2.09. The highest BCUT2D eigenvalue weighted by atomic mass is 35.5. The minimum Gasteiger partial charge on any atom is -0.363 e. The van der Waals surface area contributed by atoms with Gasteiger partial charge in [-0.1, -0.05) is 6.07 Å². The van der Waals surface area contributed by atoms with Crippen molar-refractivity contribution in [3.8, 4) is 0 Å². The Morgan fingerprint density at radius 2 is 2.35 bits per heavy atom. The number of aromatic nitrogens is 4. The summed E-state index contributed by atoms with van der Waals surface area (Å²) in [5, 5.41) is 5.45. The van der Waals surface area contributed by atoms with Crippen LogP contribution in [0.25, 0.3) is 11.2 Å². The fourth-order valence-corrected chi connectivity index (χ4v) is 2.33. The first-order valence-electron chi connectivity index (χ1n) is 4.96. The van der Waals surface area contributed by atoms with Gasteiger partial charge in [0.05, 0.1) is 12.9 Å². The zero-order valence-corrected chi connectivity index (χ0v) is 10.2. The van der Waals surface area contributed by atoms with Crippen LogP contribution in [0.1, 0.15) is 4.88 Å². The van der Waals surface area contributed by atoms with Gasteiger partial charge in [0, 0.05) is 4.88 Å². The number of rotatable bonds is 3. The van der Waals surface area contributed by atoms with Crippen LogP contribution in [0.4, 0.5) is 5.82 Å². The van der Waals surface area contributed by atoms with Gasteiger partial charge < -0.3 is 10.3 Å². The van der Waals surface area contributed by atoms with Gasteiger partial charge in [0.15, 0.2) is 11.5 Å². The molecule has 3 aromatic heterocycles. The van der Waals surface area contributed by atoms with Crippen molar-refractivity contribution in [2.24, 2.45) is 0 Å². The minimum atomic E-state index is 0.193. The fourth-order valence-electron chi connectivity index (χ4n) is 1.52. The lowest BCUT2D eigenvalue weighted by atomic mass is 10.4. The Labute approximate surface area is 106 Å². The Balaban J connectivity index is 1.91. The van der Waals surface area contributed by atoms with Gasteiger partial charge in [0.2, 0.25) is 5.28 Å². The Bertz CT molecular complexity index is 633. The van der Waals surface area contributed by atoms with Crippen molar-refractivity contribution in [2.45, 2.75) is 6.54 Å². The third-order valence-electron chi connectivity index (χ3n) is 2.27. The van der Waals surface area contributed by atoms with Crippen molar-refractivity contribution in [1.29, 1.82) is 0 Å². The summed E-state index contributed by atoms with van der Waals surface area (Å²) in [6.45, 7) is 0.707. The number of thiophene rings is 1. The molecule has 3 aromatic rings. The number of aromatic amines is 1. The molecule has 0 amide bonds. The molecule has 0 saturated heterocycles. The summed E-state index contributed by atoms with van der Waals surface area (Å²) < 4.78 is 0. The van der Waals surface area contributed by atoms with Crippen LogP contribution in [-0.2, 0) is 6.54 Å². The molecule has 3 heterocycles. The summed E-state index contributed by atoms with van der Waals surface area (Å²) in [6, 6.07) is 4.07. The first-order chi connectivity index (χ1) is 8.33. The molecule has 2 N–H and O–H groups in total. The van der Waals surface area contributed by atoms with Crippen molar-refractivity contribution in [2.75, 3.05) is 5.32 Å². The van der Waals surface area contributed by atoms with E-state index >= 15 is 0 Å². The third-order valence-corrected chi connectivity index (χ3v) is 3.31. The largest absolute Gasteiger partial charge is 0.363 e. The first-order valence-corrected chi connectivity index (χ1v) is 6.21. The second-order valence-electron chi connectivity index (χ2n) is 3.38. The molecule has 0 spiro atoms. The van der Waals surface area contributed by atoms with E-state index in [1.807, 2.05) is 11.4 Å². The van der Waals surface area contributed by atoms with Gasteiger partial charge in [-0.25, -0.2) is 4.98 Å². The molecule has 86 valence electrons. The number of anilines is 1. The molecule has 0 fully saturated rings. The van der Waals surface area contributed by atoms with E-state index in [0.717, 1.165) is 5.52 Å². The monoisotopic (exact) mass is 265 g/mol. The van der Waals surface area contributed by atoms with Crippen LogP contribution in [0.5, 0.6) is 0 Å². The van der Waals surface area contributed by atoms with E-state index in [2.05, 4.69) is 31.3 Å². The predicted octanol–water partition coefficient (Wildman–Crippen LogP) is 2.68. The van der Waals surface area contributed by atoms with Crippen molar-refractivity contribution >= 4 is 39.9 Å². The van der Waals surface area contributed by atoms with Crippen molar-refractivity contribution in [3.63, 3.8) is 0 Å². The number of imidazole rings is 1. The van der Waals surface area contributed by atoms with Crippen LogP contribution in [0.15, 0.2) is 23.8 Å². The van der Waals surface area contributed by atoms with Gasteiger partial charge >= 0.3 is 0 Å². The Morgan fingerprint density at radius 1 is 1.41 bits per heavy atom. The first kappa shape index (κ1) is 10.5. The van der Waals surface area contributed by atoms with Crippen LogP contribution < -0.4 is 5.32 Å². The number of halogens is 1. The number of hydrogen-bond donors (Lipinski definition) is 2. The van der Waals surface area contributed by atoms with E-state index < -0.39 is 0 Å². The molecule has 0 radical (unpaired) electrons. The SMILES string of the molecule is Clc1nc(NCc2cccs2)c2[nH]cnc2n1. The van der Waals surface area contributed by atoms with E-state index in [0.29, 0.717) is 18.0 Å². The smallest absolute Gasteiger partial charge is 0.226 e. The average Bonchev–Trinajstić information content (AvgIpc) is 2.95. The summed E-state index contributed by atoms with van der Waals surface area (Å²) in [5.74, 6) is 0.672. The van der Waals surface area contributed by atoms with Crippen molar-refractivity contribution in [1.82, 2.24) is 19.9 Å². The standard InChI is InChI=1S/C10H8ClN5S/c11-10-15-8(7-9(16-10)14-5-13-7)12-4-6-2-1-3-17-6/h1-3,5H,4H2,(H2,12,13,14,15,16). The van der Waals surface area contributed by atoms with Gasteiger partial charge in [0.25, 0.3) is 0 Å². The van der Waals surface area contributed by atoms with Gasteiger partial charge in [-0.15, -0.1) is 11.3 Å². The molecular formula is C10H8ClN5S. The maximum atomic E-state index is 5.83. The maximum Gasteiger partial charge on any atom is 0.226 e. The number of nitrogens with one attached hydrogen (secondary N) is 2. The van der Waals surface area contributed by atoms with Crippen LogP contribution in [0, 0.1) is 0 Å². The molecule has 3 rings (SSSR count). The number of hydrogen-bond acceptors (Lipinski definition) is 5. The number of fused-ring (bicyclic) bond motifs is 1. The molecule has 0 aromatic carbocycles. The molecule has 0 atom stereocenters. The Kier molecular flexibility index (Phi) is 2.66. The Morgan fingerprint density at radius 3 is 3.18 bits per heavy atom. The summed E-state index contributed by atoms with van der Waals surface area (Å²) in [7, 11) is 0. The van der Waals surface area contributed by atoms with E-state index in [1.54, 1.807) is 17.7 Å². The molecule has 17 heavy (non-hydrogen) atoms. The zero-order valence-electron chi connectivity index (χ0n) is 8.64. The van der Waals surface area contributed by atoms with Gasteiger partial charge in [0.1, 0.15) is 5.52 Å². The van der Waals surface area contributed by atoms with Crippen molar-refractivity contribution in [3.05, 3.63) is 34.0 Å². The highest BCUT2D eigenvalue weighted by Crippen LogP contribution is 2.20. The normalized spacial score (nSPS) is 10.9. The molecule has 0 aliphatic heterocycles. The number of H-pyrrole nitrogens is 1. The van der Waals surface area contributed by atoms with E-state index in [1.165, 1.54) is 4.88 Å². The topological polar surface area (TPSA) is 66.5 Å². The van der Waals surface area contributed by atoms with Crippen LogP contribution in [0.2, 0.25) is 5.28 Å². The second kappa shape index (κ2) is 4.31. The summed E-state index contributed by atoms with van der Waals surface area (Å²) in [6.07, 6.45) is 1.58. The van der Waals surface area contributed by atoms with Crippen LogP contribution in [0.3, 0.4) is 0 Å². The molecule has 0 aliphatic carbocycles. The average molecular weight is 266 g/mol. The van der Waals surface area contributed by atoms with Crippen LogP contribution in [-0.4, -0.2) is 19.9 Å². The predicted molar refractivity (Wildman–Crippen MR) is 68.3 cm³/mol. The number of nitrogens with zero attached hydrogens (tertiary/aromatic N) is 3. The van der Waals surface area contributed by atoms with Gasteiger partial charge in [-0.05, 0) is 23.0 Å². The molecule has 5 nitrogen and oxygen atoms in total. The summed E-state index contributed by atoms with van der Waals surface area (Å²) >= 11 is 7.52. The van der Waals surface area contributed by atoms with Gasteiger partial charge in [-0.3, -0.25) is 0 Å². The van der Waals surface area contributed by atoms with E-state index in [9.17, 15) is 0 Å². The van der Waals surface area contributed by atoms with Crippen molar-refractivity contribution < 1.29 is 0 Å². The molecule has 0 unspecified atom stereocenters. The molecule has 0 saturated carbocycles. The summed E-state index contributed by atoms with van der Waals surface area (Å²) in [5.41, 5.74) is 1.34. The van der Waals surface area contributed by atoms with Crippen LogP contribution >= 0.6 is 22.9 Å². The molecular weight excluding hydrogens is 258 g/mol. The Hall–Kier alpha value is -1.66.